The quantitative estimate of drug-likeness (QED) is 0.359. The average Bonchev–Trinajstić information content (AvgIpc) is 3.48. The Morgan fingerprint density at radius 2 is 1.82 bits per heavy atom. The Kier molecular flexibility index (Phi) is 6.90. The van der Waals surface area contributed by atoms with Gasteiger partial charge in [-0.15, -0.1) is 11.3 Å². The van der Waals surface area contributed by atoms with Gasteiger partial charge in [-0.2, -0.15) is 0 Å². The van der Waals surface area contributed by atoms with Crippen molar-refractivity contribution in [3.8, 4) is 16.9 Å². The topological polar surface area (TPSA) is 88.9 Å². The molecule has 0 aliphatic heterocycles. The second-order valence-electron chi connectivity index (χ2n) is 7.37. The molecule has 7 nitrogen and oxygen atoms in total. The molecule has 0 unspecified atom stereocenters. The van der Waals surface area contributed by atoms with Gasteiger partial charge in [-0.25, -0.2) is 9.97 Å². The molecule has 9 heteroatoms. The third-order valence-corrected chi connectivity index (χ3v) is 6.47. The minimum Gasteiger partial charge on any atom is -0.350 e. The van der Waals surface area contributed by atoms with E-state index in [1.807, 2.05) is 65.7 Å². The lowest BCUT2D eigenvalue weighted by Gasteiger charge is -2.13. The van der Waals surface area contributed by atoms with Gasteiger partial charge in [0.25, 0.3) is 5.91 Å². The smallest absolute Gasteiger partial charge is 0.257 e. The van der Waals surface area contributed by atoms with Gasteiger partial charge in [-0.05, 0) is 43.0 Å². The number of carbonyl (C=O) groups is 2. The molecular weight excluding hydrogens is 454 g/mol. The Hall–Kier alpha value is -3.43. The molecule has 4 rings (SSSR count). The number of rotatable bonds is 7. The van der Waals surface area contributed by atoms with Crippen LogP contribution in [-0.2, 0) is 4.79 Å². The van der Waals surface area contributed by atoms with Gasteiger partial charge in [-0.1, -0.05) is 36.0 Å². The molecule has 168 valence electrons. The van der Waals surface area contributed by atoms with Crippen LogP contribution < -0.4 is 10.6 Å². The van der Waals surface area contributed by atoms with Crippen LogP contribution in [0.25, 0.3) is 16.9 Å². The van der Waals surface area contributed by atoms with Gasteiger partial charge in [0.1, 0.15) is 0 Å². The number of aromatic nitrogens is 3. The van der Waals surface area contributed by atoms with E-state index in [1.165, 1.54) is 18.3 Å². The maximum Gasteiger partial charge on any atom is 0.257 e. The summed E-state index contributed by atoms with van der Waals surface area (Å²) in [6.07, 6.45) is 5.62. The summed E-state index contributed by atoms with van der Waals surface area (Å²) in [6.45, 7) is 3.45. The Bertz CT molecular complexity index is 1260. The number of hydrogen-bond donors (Lipinski definition) is 2. The number of anilines is 1. The molecule has 0 radical (unpaired) electrons. The van der Waals surface area contributed by atoms with Crippen LogP contribution in [0, 0.1) is 0 Å². The third kappa shape index (κ3) is 5.32. The van der Waals surface area contributed by atoms with Gasteiger partial charge < -0.3 is 5.32 Å². The summed E-state index contributed by atoms with van der Waals surface area (Å²) in [6, 6.07) is 15.2. The summed E-state index contributed by atoms with van der Waals surface area (Å²) in [7, 11) is 0. The largest absolute Gasteiger partial charge is 0.350 e. The minimum atomic E-state index is -0.211. The zero-order valence-electron chi connectivity index (χ0n) is 18.4. The van der Waals surface area contributed by atoms with Crippen molar-refractivity contribution in [2.75, 3.05) is 11.6 Å². The summed E-state index contributed by atoms with van der Waals surface area (Å²) >= 11 is 2.94. The molecule has 2 aromatic heterocycles. The number of nitrogens with zero attached hydrogens (tertiary/aromatic N) is 3. The molecule has 2 amide bonds. The van der Waals surface area contributed by atoms with E-state index in [0.717, 1.165) is 27.7 Å². The summed E-state index contributed by atoms with van der Waals surface area (Å²) in [5.41, 5.74) is 4.24. The lowest BCUT2D eigenvalue weighted by atomic mass is 10.1. The molecule has 33 heavy (non-hydrogen) atoms. The summed E-state index contributed by atoms with van der Waals surface area (Å²) < 4.78 is 1.97. The zero-order valence-corrected chi connectivity index (χ0v) is 20.0. The van der Waals surface area contributed by atoms with Crippen molar-refractivity contribution in [3.05, 3.63) is 77.4 Å². The minimum absolute atomic E-state index is 0.0608. The molecule has 2 heterocycles. The van der Waals surface area contributed by atoms with Gasteiger partial charge >= 0.3 is 0 Å². The van der Waals surface area contributed by atoms with Crippen molar-refractivity contribution in [2.45, 2.75) is 25.0 Å². The van der Waals surface area contributed by atoms with Gasteiger partial charge in [-0.3, -0.25) is 19.5 Å². The number of nitrogens with one attached hydrogen (secondary N) is 2. The Labute approximate surface area is 200 Å². The fraction of sp³-hybridized carbons (Fsp3) is 0.167. The molecule has 2 aromatic carbocycles. The first kappa shape index (κ1) is 22.8. The average molecular weight is 478 g/mol. The second-order valence-corrected chi connectivity index (χ2v) is 9.00. The number of carbonyl (C=O) groups excluding carboxylic acids is 2. The molecule has 0 fully saturated rings. The number of thiazole rings is 1. The molecule has 0 spiro atoms. The molecule has 0 aliphatic rings. The van der Waals surface area contributed by atoms with E-state index in [9.17, 15) is 9.59 Å². The van der Waals surface area contributed by atoms with Gasteiger partial charge in [0.15, 0.2) is 10.3 Å². The van der Waals surface area contributed by atoms with E-state index >= 15 is 0 Å². The molecule has 0 saturated carbocycles. The molecular formula is C24H23N5O2S2. The van der Waals surface area contributed by atoms with Crippen LogP contribution in [-0.4, -0.2) is 32.6 Å². The molecule has 0 saturated heterocycles. The first-order valence-corrected chi connectivity index (χ1v) is 12.4. The molecule has 0 bridgehead atoms. The van der Waals surface area contributed by atoms with E-state index in [1.54, 1.807) is 30.1 Å². The van der Waals surface area contributed by atoms with Crippen LogP contribution >= 0.6 is 23.1 Å². The van der Waals surface area contributed by atoms with Crippen molar-refractivity contribution >= 4 is 40.0 Å². The highest BCUT2D eigenvalue weighted by atomic mass is 32.2. The highest BCUT2D eigenvalue weighted by Crippen LogP contribution is 2.27. The zero-order chi connectivity index (χ0) is 23.4. The van der Waals surface area contributed by atoms with Crippen LogP contribution in [0.4, 0.5) is 5.13 Å². The van der Waals surface area contributed by atoms with Gasteiger partial charge in [0, 0.05) is 41.5 Å². The van der Waals surface area contributed by atoms with Crippen LogP contribution in [0.2, 0.25) is 0 Å². The van der Waals surface area contributed by atoms with E-state index in [-0.39, 0.29) is 17.9 Å². The maximum atomic E-state index is 12.7. The maximum absolute atomic E-state index is 12.7. The van der Waals surface area contributed by atoms with Crippen molar-refractivity contribution in [3.63, 3.8) is 0 Å². The standard InChI is InChI=1S/C24H23N5O2S2/c1-15(26-16(2)30)17-4-6-18(7-5-17)21-14-33-23(27-21)28-22(31)19-8-10-20(11-9-19)29-13-12-25-24(29)32-3/h4-15H,1-3H3,(H,26,30)(H,27,28,31)/t15-/m0/s1. The van der Waals surface area contributed by atoms with Crippen LogP contribution in [0.15, 0.2) is 71.5 Å². The summed E-state index contributed by atoms with van der Waals surface area (Å²) in [5.74, 6) is -0.273. The monoisotopic (exact) mass is 477 g/mol. The molecule has 1 atom stereocenters. The van der Waals surface area contributed by atoms with Crippen LogP contribution in [0.3, 0.4) is 0 Å². The highest BCUT2D eigenvalue weighted by molar-refractivity contribution is 7.98. The Morgan fingerprint density at radius 3 is 2.48 bits per heavy atom. The fourth-order valence-corrected chi connectivity index (χ4v) is 4.62. The van der Waals surface area contributed by atoms with Crippen molar-refractivity contribution in [1.29, 1.82) is 0 Å². The molecule has 4 aromatic rings. The predicted octanol–water partition coefficient (Wildman–Crippen LogP) is 5.17. The Morgan fingerprint density at radius 1 is 1.09 bits per heavy atom. The predicted molar refractivity (Wildman–Crippen MR) is 133 cm³/mol. The first-order valence-electron chi connectivity index (χ1n) is 10.3. The number of hydrogen-bond acceptors (Lipinski definition) is 6. The Balaban J connectivity index is 1.42. The molecule has 0 aliphatic carbocycles. The lowest BCUT2D eigenvalue weighted by molar-refractivity contribution is -0.119. The van der Waals surface area contributed by atoms with Gasteiger partial charge in [0.05, 0.1) is 11.7 Å². The second kappa shape index (κ2) is 10.0. The van der Waals surface area contributed by atoms with E-state index < -0.39 is 0 Å². The lowest BCUT2D eigenvalue weighted by Crippen LogP contribution is -2.23. The highest BCUT2D eigenvalue weighted by Gasteiger charge is 2.12. The third-order valence-electron chi connectivity index (χ3n) is 5.05. The summed E-state index contributed by atoms with van der Waals surface area (Å²) in [4.78, 5) is 32.8. The van der Waals surface area contributed by atoms with Crippen molar-refractivity contribution in [1.82, 2.24) is 19.9 Å². The number of benzene rings is 2. The fourth-order valence-electron chi connectivity index (χ4n) is 3.37. The SMILES string of the molecule is CSc1nccn1-c1ccc(C(=O)Nc2nc(-c3ccc([C@H](C)NC(C)=O)cc3)cs2)cc1. The van der Waals surface area contributed by atoms with Crippen molar-refractivity contribution < 1.29 is 9.59 Å². The number of amides is 2. The van der Waals surface area contributed by atoms with E-state index in [0.29, 0.717) is 10.7 Å². The number of thioether (sulfide) groups is 1. The normalized spacial score (nSPS) is 11.7. The first-order chi connectivity index (χ1) is 15.9. The number of imidazole rings is 1. The summed E-state index contributed by atoms with van der Waals surface area (Å²) in [5, 5.41) is 9.08. The van der Waals surface area contributed by atoms with Crippen LogP contribution in [0.1, 0.15) is 35.8 Å². The van der Waals surface area contributed by atoms with Crippen LogP contribution in [0.5, 0.6) is 0 Å². The molecule has 2 N–H and O–H groups in total. The van der Waals surface area contributed by atoms with Gasteiger partial charge in [0.2, 0.25) is 5.91 Å². The van der Waals surface area contributed by atoms with Crippen molar-refractivity contribution in [2.24, 2.45) is 0 Å². The van der Waals surface area contributed by atoms with E-state index in [2.05, 4.69) is 20.6 Å². The van der Waals surface area contributed by atoms with E-state index in [4.69, 9.17) is 0 Å².